The third-order valence-electron chi connectivity index (χ3n) is 5.84. The zero-order valence-corrected chi connectivity index (χ0v) is 20.2. The summed E-state index contributed by atoms with van der Waals surface area (Å²) in [5.74, 6) is -0.440. The molecule has 0 bridgehead atoms. The van der Waals surface area contributed by atoms with Crippen LogP contribution in [-0.2, 0) is 32.6 Å². The van der Waals surface area contributed by atoms with Gasteiger partial charge < -0.3 is 20.5 Å². The number of nitrogens with zero attached hydrogens (tertiary/aromatic N) is 1. The maximum absolute atomic E-state index is 12.7. The van der Waals surface area contributed by atoms with Gasteiger partial charge in [0.1, 0.15) is 11.9 Å². The number of hydrogen-bond acceptors (Lipinski definition) is 5. The summed E-state index contributed by atoms with van der Waals surface area (Å²) < 4.78 is 5.64. The number of carbonyl (C=O) groups excluding carboxylic acids is 1. The Morgan fingerprint density at radius 2 is 1.82 bits per heavy atom. The molecule has 7 nitrogen and oxygen atoms in total. The van der Waals surface area contributed by atoms with Gasteiger partial charge in [-0.3, -0.25) is 4.79 Å². The highest BCUT2D eigenvalue weighted by Crippen LogP contribution is 2.23. The van der Waals surface area contributed by atoms with Crippen molar-refractivity contribution in [3.05, 3.63) is 59.3 Å². The van der Waals surface area contributed by atoms with E-state index >= 15 is 0 Å². The minimum absolute atomic E-state index is 0.220. The number of carboxylic acid groups (broad SMARTS) is 1. The number of rotatable bonds is 14. The number of nitrogens with one attached hydrogen (secondary N) is 2. The Morgan fingerprint density at radius 3 is 2.45 bits per heavy atom. The van der Waals surface area contributed by atoms with Crippen LogP contribution in [0.15, 0.2) is 42.5 Å². The Morgan fingerprint density at radius 1 is 1.09 bits per heavy atom. The van der Waals surface area contributed by atoms with Gasteiger partial charge in [0.25, 0.3) is 0 Å². The number of benzene rings is 1. The molecule has 0 spiro atoms. The number of carboxylic acids is 1. The van der Waals surface area contributed by atoms with E-state index in [0.717, 1.165) is 42.8 Å². The van der Waals surface area contributed by atoms with Gasteiger partial charge in [0.2, 0.25) is 5.91 Å². The zero-order chi connectivity index (χ0) is 24.3. The number of pyridine rings is 1. The fourth-order valence-electron chi connectivity index (χ4n) is 3.56. The zero-order valence-electron chi connectivity index (χ0n) is 20.2. The lowest BCUT2D eigenvalue weighted by Gasteiger charge is -2.26. The van der Waals surface area contributed by atoms with Crippen LogP contribution in [0.5, 0.6) is 0 Å². The molecular formula is C26H37N3O4. The first-order chi connectivity index (χ1) is 15.8. The number of ether oxygens (including phenoxy) is 1. The van der Waals surface area contributed by atoms with E-state index in [1.165, 1.54) is 5.56 Å². The number of anilines is 1. The molecule has 0 fully saturated rings. The topological polar surface area (TPSA) is 101 Å². The number of aryl methyl sites for hydroxylation is 2. The van der Waals surface area contributed by atoms with Gasteiger partial charge in [-0.25, -0.2) is 9.78 Å². The van der Waals surface area contributed by atoms with Gasteiger partial charge in [-0.15, -0.1) is 0 Å². The normalized spacial score (nSPS) is 12.2. The number of amides is 1. The SMILES string of the molecule is CCc1ccc(CCCCOCCC(NC(=O)C(C)(C)c2ccccc2)C(=O)O)nc1NC. The third-order valence-corrected chi connectivity index (χ3v) is 5.84. The maximum Gasteiger partial charge on any atom is 0.326 e. The van der Waals surface area contributed by atoms with Gasteiger partial charge >= 0.3 is 5.97 Å². The van der Waals surface area contributed by atoms with E-state index in [4.69, 9.17) is 4.74 Å². The standard InChI is InChI=1S/C26H37N3O4/c1-5-19-14-15-21(28-23(19)27-4)13-9-10-17-33-18-16-22(24(30)31)29-25(32)26(2,3)20-11-7-6-8-12-20/h6-8,11-12,14-15,22H,5,9-10,13,16-18H2,1-4H3,(H,27,28)(H,29,32)(H,30,31). The molecule has 1 aromatic heterocycles. The molecule has 1 atom stereocenters. The van der Waals surface area contributed by atoms with E-state index in [1.54, 1.807) is 13.8 Å². The Kier molecular flexibility index (Phi) is 10.3. The fourth-order valence-corrected chi connectivity index (χ4v) is 3.56. The van der Waals surface area contributed by atoms with Crippen LogP contribution in [0, 0.1) is 0 Å². The third kappa shape index (κ3) is 7.86. The molecule has 0 aliphatic rings. The Balaban J connectivity index is 1.72. The summed E-state index contributed by atoms with van der Waals surface area (Å²) in [6, 6.07) is 12.5. The predicted octanol–water partition coefficient (Wildman–Crippen LogP) is 3.96. The highest BCUT2D eigenvalue weighted by Gasteiger charge is 2.32. The van der Waals surface area contributed by atoms with Crippen molar-refractivity contribution in [2.75, 3.05) is 25.6 Å². The largest absolute Gasteiger partial charge is 0.480 e. The first-order valence-electron chi connectivity index (χ1n) is 11.6. The molecule has 33 heavy (non-hydrogen) atoms. The Bertz CT molecular complexity index is 900. The average Bonchev–Trinajstić information content (AvgIpc) is 2.82. The number of hydrogen-bond donors (Lipinski definition) is 3. The molecule has 1 unspecified atom stereocenters. The second-order valence-electron chi connectivity index (χ2n) is 8.63. The van der Waals surface area contributed by atoms with Crippen LogP contribution in [0.3, 0.4) is 0 Å². The first-order valence-corrected chi connectivity index (χ1v) is 11.6. The molecule has 1 amide bonds. The molecule has 2 aromatic rings. The quantitative estimate of drug-likeness (QED) is 0.373. The van der Waals surface area contributed by atoms with Crippen LogP contribution in [0.25, 0.3) is 0 Å². The van der Waals surface area contributed by atoms with E-state index in [1.807, 2.05) is 37.4 Å². The molecule has 2 rings (SSSR count). The van der Waals surface area contributed by atoms with Crippen molar-refractivity contribution < 1.29 is 19.4 Å². The van der Waals surface area contributed by atoms with E-state index in [-0.39, 0.29) is 18.9 Å². The van der Waals surface area contributed by atoms with Gasteiger partial charge in [0.15, 0.2) is 0 Å². The molecular weight excluding hydrogens is 418 g/mol. The molecule has 1 aromatic carbocycles. The van der Waals surface area contributed by atoms with Gasteiger partial charge in [0.05, 0.1) is 5.41 Å². The Hall–Kier alpha value is -2.93. The van der Waals surface area contributed by atoms with Crippen LogP contribution in [0.4, 0.5) is 5.82 Å². The molecule has 0 saturated heterocycles. The molecule has 0 aliphatic carbocycles. The lowest BCUT2D eigenvalue weighted by atomic mass is 9.83. The molecule has 0 saturated carbocycles. The van der Waals surface area contributed by atoms with E-state index < -0.39 is 17.4 Å². The van der Waals surface area contributed by atoms with Crippen molar-refractivity contribution >= 4 is 17.7 Å². The Labute approximate surface area is 197 Å². The van der Waals surface area contributed by atoms with Crippen LogP contribution in [-0.4, -0.2) is 48.3 Å². The monoisotopic (exact) mass is 455 g/mol. The average molecular weight is 456 g/mol. The van der Waals surface area contributed by atoms with Crippen LogP contribution < -0.4 is 10.6 Å². The number of aromatic nitrogens is 1. The molecule has 3 N–H and O–H groups in total. The van der Waals surface area contributed by atoms with Crippen molar-refractivity contribution in [2.24, 2.45) is 0 Å². The second kappa shape index (κ2) is 12.9. The minimum Gasteiger partial charge on any atom is -0.480 e. The fraction of sp³-hybridized carbons (Fsp3) is 0.500. The van der Waals surface area contributed by atoms with Gasteiger partial charge in [-0.2, -0.15) is 0 Å². The first kappa shape index (κ1) is 26.3. The summed E-state index contributed by atoms with van der Waals surface area (Å²) in [4.78, 5) is 29.0. The molecule has 7 heteroatoms. The summed E-state index contributed by atoms with van der Waals surface area (Å²) in [6.45, 7) is 6.51. The van der Waals surface area contributed by atoms with Gasteiger partial charge in [-0.05, 0) is 56.7 Å². The maximum atomic E-state index is 12.7. The van der Waals surface area contributed by atoms with Crippen molar-refractivity contribution in [3.63, 3.8) is 0 Å². The van der Waals surface area contributed by atoms with Crippen LogP contribution in [0.2, 0.25) is 0 Å². The lowest BCUT2D eigenvalue weighted by Crippen LogP contribution is -2.48. The van der Waals surface area contributed by atoms with E-state index in [9.17, 15) is 14.7 Å². The highest BCUT2D eigenvalue weighted by atomic mass is 16.5. The number of carbonyl (C=O) groups is 2. The van der Waals surface area contributed by atoms with E-state index in [2.05, 4.69) is 34.7 Å². The lowest BCUT2D eigenvalue weighted by molar-refractivity contribution is -0.143. The van der Waals surface area contributed by atoms with Crippen LogP contribution in [0.1, 0.15) is 56.9 Å². The van der Waals surface area contributed by atoms with Gasteiger partial charge in [0, 0.05) is 32.4 Å². The molecule has 0 radical (unpaired) electrons. The number of unbranched alkanes of at least 4 members (excludes halogenated alkanes) is 1. The van der Waals surface area contributed by atoms with Crippen molar-refractivity contribution in [1.29, 1.82) is 0 Å². The summed E-state index contributed by atoms with van der Waals surface area (Å²) >= 11 is 0. The smallest absolute Gasteiger partial charge is 0.326 e. The summed E-state index contributed by atoms with van der Waals surface area (Å²) in [5.41, 5.74) is 2.26. The summed E-state index contributed by atoms with van der Waals surface area (Å²) in [5, 5.41) is 15.3. The summed E-state index contributed by atoms with van der Waals surface area (Å²) in [7, 11) is 1.88. The van der Waals surface area contributed by atoms with Crippen molar-refractivity contribution in [2.45, 2.75) is 64.3 Å². The van der Waals surface area contributed by atoms with Crippen molar-refractivity contribution in [1.82, 2.24) is 10.3 Å². The van der Waals surface area contributed by atoms with Crippen molar-refractivity contribution in [3.8, 4) is 0 Å². The second-order valence-corrected chi connectivity index (χ2v) is 8.63. The number of aliphatic carboxylic acids is 1. The van der Waals surface area contributed by atoms with E-state index in [0.29, 0.717) is 6.61 Å². The predicted molar refractivity (Wildman–Crippen MR) is 131 cm³/mol. The molecule has 0 aliphatic heterocycles. The van der Waals surface area contributed by atoms with Crippen LogP contribution >= 0.6 is 0 Å². The molecule has 180 valence electrons. The molecule has 1 heterocycles. The minimum atomic E-state index is -1.06. The van der Waals surface area contributed by atoms with Gasteiger partial charge in [-0.1, -0.05) is 43.3 Å². The highest BCUT2D eigenvalue weighted by molar-refractivity contribution is 5.90. The summed E-state index contributed by atoms with van der Waals surface area (Å²) in [6.07, 6.45) is 3.82.